The summed E-state index contributed by atoms with van der Waals surface area (Å²) in [6.45, 7) is 0.0957. The Kier molecular flexibility index (Phi) is 3.21. The van der Waals surface area contributed by atoms with Gasteiger partial charge in [-0.05, 0) is 6.07 Å². The van der Waals surface area contributed by atoms with Gasteiger partial charge < -0.3 is 14.9 Å². The molecule has 0 saturated heterocycles. The van der Waals surface area contributed by atoms with Crippen molar-refractivity contribution in [1.29, 1.82) is 5.26 Å². The van der Waals surface area contributed by atoms with Gasteiger partial charge in [-0.15, -0.1) is 0 Å². The van der Waals surface area contributed by atoms with Gasteiger partial charge in [0.15, 0.2) is 23.5 Å². The van der Waals surface area contributed by atoms with E-state index in [0.29, 0.717) is 11.7 Å². The molecule has 0 atom stereocenters. The summed E-state index contributed by atoms with van der Waals surface area (Å²) in [6, 6.07) is 2.88. The molecule has 1 heterocycles. The van der Waals surface area contributed by atoms with Crippen molar-refractivity contribution < 1.29 is 18.8 Å². The Bertz CT molecular complexity index is 645. The van der Waals surface area contributed by atoms with Gasteiger partial charge in [-0.1, -0.05) is 5.16 Å². The predicted molar refractivity (Wildman–Crippen MR) is 59.6 cm³/mol. The van der Waals surface area contributed by atoms with E-state index >= 15 is 0 Å². The maximum atomic E-state index is 13.7. The summed E-state index contributed by atoms with van der Waals surface area (Å²) in [6.07, 6.45) is 0.318. The van der Waals surface area contributed by atoms with Crippen LogP contribution in [0.5, 0.6) is 0 Å². The van der Waals surface area contributed by atoms with Crippen molar-refractivity contribution in [2.24, 2.45) is 0 Å². The molecule has 0 saturated carbocycles. The zero-order chi connectivity index (χ0) is 13.1. The molecule has 1 aromatic heterocycles. The molecule has 0 fully saturated rings. The maximum Gasteiger partial charge on any atom is 0.189 e. The summed E-state index contributed by atoms with van der Waals surface area (Å²) in [4.78, 5) is 10.7. The Morgan fingerprint density at radius 1 is 1.67 bits per heavy atom. The van der Waals surface area contributed by atoms with Crippen molar-refractivity contribution in [3.05, 3.63) is 23.0 Å². The lowest BCUT2D eigenvalue weighted by atomic mass is 10.1. The lowest BCUT2D eigenvalue weighted by molar-refractivity contribution is 0.112. The van der Waals surface area contributed by atoms with Crippen LogP contribution < -0.4 is 5.32 Å². The van der Waals surface area contributed by atoms with Gasteiger partial charge in [0.1, 0.15) is 11.6 Å². The molecule has 0 bridgehead atoms. The summed E-state index contributed by atoms with van der Waals surface area (Å²) in [5.41, 5.74) is -0.630. The van der Waals surface area contributed by atoms with Gasteiger partial charge in [0.2, 0.25) is 0 Å². The molecule has 0 unspecified atom stereocenters. The number of aromatic nitrogens is 1. The molecule has 0 aliphatic rings. The second-order valence-corrected chi connectivity index (χ2v) is 3.44. The first-order valence-electron chi connectivity index (χ1n) is 5.04. The molecule has 18 heavy (non-hydrogen) atoms. The van der Waals surface area contributed by atoms with E-state index < -0.39 is 5.82 Å². The third-order valence-electron chi connectivity index (χ3n) is 2.37. The van der Waals surface area contributed by atoms with E-state index in [4.69, 9.17) is 14.9 Å². The molecule has 0 aliphatic carbocycles. The second kappa shape index (κ2) is 4.81. The Morgan fingerprint density at radius 3 is 3.06 bits per heavy atom. The highest BCUT2D eigenvalue weighted by Gasteiger charge is 2.19. The molecule has 2 N–H and O–H groups in total. The van der Waals surface area contributed by atoms with Crippen molar-refractivity contribution in [2.75, 3.05) is 18.5 Å². The molecule has 0 aliphatic heterocycles. The molecule has 0 radical (unpaired) electrons. The van der Waals surface area contributed by atoms with Crippen LogP contribution in [0.25, 0.3) is 11.0 Å². The average molecular weight is 249 g/mol. The minimum Gasteiger partial charge on any atom is -0.395 e. The minimum atomic E-state index is -0.926. The number of aldehydes is 1. The van der Waals surface area contributed by atoms with Crippen LogP contribution in [0.2, 0.25) is 0 Å². The number of nitriles is 1. The quantitative estimate of drug-likeness (QED) is 0.786. The molecule has 0 spiro atoms. The molecule has 0 amide bonds. The fraction of sp³-hybridized carbons (Fsp3) is 0.182. The van der Waals surface area contributed by atoms with Crippen LogP contribution >= 0.6 is 0 Å². The summed E-state index contributed by atoms with van der Waals surface area (Å²) in [5, 5.41) is 24.2. The van der Waals surface area contributed by atoms with Crippen LogP contribution in [0.1, 0.15) is 15.9 Å². The lowest BCUT2D eigenvalue weighted by Gasteiger charge is -2.00. The largest absolute Gasteiger partial charge is 0.395 e. The number of aliphatic hydroxyl groups is 1. The van der Waals surface area contributed by atoms with E-state index in [1.807, 2.05) is 0 Å². The standard InChI is InChI=1S/C11H8FN3O3/c12-9-6(5-17)3-7-10(8(9)4-13)18-15-11(7)14-1-2-16/h3,5,16H,1-2H2,(H,14,15). The van der Waals surface area contributed by atoms with E-state index in [0.717, 1.165) is 0 Å². The van der Waals surface area contributed by atoms with Crippen molar-refractivity contribution in [2.45, 2.75) is 0 Å². The number of hydrogen-bond acceptors (Lipinski definition) is 6. The van der Waals surface area contributed by atoms with Crippen LogP contribution in [-0.4, -0.2) is 29.7 Å². The van der Waals surface area contributed by atoms with Gasteiger partial charge in [-0.25, -0.2) is 4.39 Å². The first kappa shape index (κ1) is 12.0. The Morgan fingerprint density at radius 2 is 2.44 bits per heavy atom. The maximum absolute atomic E-state index is 13.7. The molecule has 7 heteroatoms. The molecular weight excluding hydrogens is 241 g/mol. The van der Waals surface area contributed by atoms with E-state index in [1.54, 1.807) is 6.07 Å². The van der Waals surface area contributed by atoms with Crippen LogP contribution in [-0.2, 0) is 0 Å². The number of hydrogen-bond donors (Lipinski definition) is 2. The van der Waals surface area contributed by atoms with Crippen LogP contribution in [0, 0.1) is 17.1 Å². The van der Waals surface area contributed by atoms with Gasteiger partial charge in [0, 0.05) is 6.54 Å². The van der Waals surface area contributed by atoms with Crippen LogP contribution in [0.3, 0.4) is 0 Å². The van der Waals surface area contributed by atoms with E-state index in [1.165, 1.54) is 6.07 Å². The van der Waals surface area contributed by atoms with Crippen LogP contribution in [0.4, 0.5) is 10.2 Å². The number of anilines is 1. The highest BCUT2D eigenvalue weighted by Crippen LogP contribution is 2.29. The topological polar surface area (TPSA) is 99.2 Å². The Hall–Kier alpha value is -2.46. The van der Waals surface area contributed by atoms with Gasteiger partial charge in [-0.3, -0.25) is 4.79 Å². The molecule has 92 valence electrons. The van der Waals surface area contributed by atoms with E-state index in [9.17, 15) is 9.18 Å². The second-order valence-electron chi connectivity index (χ2n) is 3.44. The number of carbonyl (C=O) groups is 1. The first-order chi connectivity index (χ1) is 8.72. The van der Waals surface area contributed by atoms with Crippen molar-refractivity contribution in [1.82, 2.24) is 5.16 Å². The lowest BCUT2D eigenvalue weighted by Crippen LogP contribution is -2.05. The smallest absolute Gasteiger partial charge is 0.189 e. The molecule has 1 aromatic carbocycles. The normalized spacial score (nSPS) is 10.3. The SMILES string of the molecule is N#Cc1c(F)c(C=O)cc2c(NCCO)noc12. The summed E-state index contributed by atoms with van der Waals surface area (Å²) >= 11 is 0. The number of halogens is 1. The average Bonchev–Trinajstić information content (AvgIpc) is 2.78. The van der Waals surface area contributed by atoms with Crippen LogP contribution in [0.15, 0.2) is 10.6 Å². The summed E-state index contributed by atoms with van der Waals surface area (Å²) in [7, 11) is 0. The van der Waals surface area contributed by atoms with Gasteiger partial charge >= 0.3 is 0 Å². The molecule has 2 aromatic rings. The van der Waals surface area contributed by atoms with Gasteiger partial charge in [0.05, 0.1) is 17.6 Å². The fourth-order valence-corrected chi connectivity index (χ4v) is 1.56. The number of benzene rings is 1. The first-order valence-corrected chi connectivity index (χ1v) is 5.04. The number of aliphatic hydroxyl groups excluding tert-OH is 1. The van der Waals surface area contributed by atoms with Crippen molar-refractivity contribution in [3.8, 4) is 6.07 Å². The monoisotopic (exact) mass is 249 g/mol. The summed E-state index contributed by atoms with van der Waals surface area (Å²) < 4.78 is 18.5. The van der Waals surface area contributed by atoms with E-state index in [2.05, 4.69) is 10.5 Å². The van der Waals surface area contributed by atoms with Gasteiger partial charge in [0.25, 0.3) is 0 Å². The third kappa shape index (κ3) is 1.78. The molecule has 6 nitrogen and oxygen atoms in total. The highest BCUT2D eigenvalue weighted by molar-refractivity contribution is 5.96. The zero-order valence-electron chi connectivity index (χ0n) is 9.11. The Labute approximate surface area is 101 Å². The Balaban J connectivity index is 2.67. The predicted octanol–water partition coefficient (Wildman–Crippen LogP) is 1.06. The third-order valence-corrected chi connectivity index (χ3v) is 2.37. The number of nitrogens with one attached hydrogen (secondary N) is 1. The zero-order valence-corrected chi connectivity index (χ0v) is 9.11. The highest BCUT2D eigenvalue weighted by atomic mass is 19.1. The van der Waals surface area contributed by atoms with Crippen molar-refractivity contribution >= 4 is 23.1 Å². The number of nitrogens with zero attached hydrogens (tertiary/aromatic N) is 2. The minimum absolute atomic E-state index is 0.0268. The number of fused-ring (bicyclic) bond motifs is 1. The number of rotatable bonds is 4. The fourth-order valence-electron chi connectivity index (χ4n) is 1.56. The van der Waals surface area contributed by atoms with Crippen molar-refractivity contribution in [3.63, 3.8) is 0 Å². The number of carbonyl (C=O) groups excluding carboxylic acids is 1. The molecular formula is C11H8FN3O3. The van der Waals surface area contributed by atoms with E-state index in [-0.39, 0.29) is 35.7 Å². The summed E-state index contributed by atoms with van der Waals surface area (Å²) in [5.74, 6) is -0.677. The van der Waals surface area contributed by atoms with Gasteiger partial charge in [-0.2, -0.15) is 5.26 Å². The molecule has 2 rings (SSSR count).